The van der Waals surface area contributed by atoms with E-state index in [0.717, 1.165) is 38.1 Å². The van der Waals surface area contributed by atoms with Gasteiger partial charge in [0.1, 0.15) is 11.6 Å². The van der Waals surface area contributed by atoms with Gasteiger partial charge >= 0.3 is 0 Å². The molecule has 2 aliphatic rings. The van der Waals surface area contributed by atoms with Crippen LogP contribution in [0.3, 0.4) is 0 Å². The van der Waals surface area contributed by atoms with E-state index in [4.69, 9.17) is 4.74 Å². The lowest BCUT2D eigenvalue weighted by molar-refractivity contribution is 0.297. The van der Waals surface area contributed by atoms with Crippen LogP contribution in [0.25, 0.3) is 0 Å². The second kappa shape index (κ2) is 6.58. The molecule has 2 nitrogen and oxygen atoms in total. The van der Waals surface area contributed by atoms with Crippen molar-refractivity contribution in [1.29, 1.82) is 0 Å². The molecule has 1 saturated heterocycles. The molecule has 2 fully saturated rings. The Kier molecular flexibility index (Phi) is 5.06. The van der Waals surface area contributed by atoms with Crippen LogP contribution in [0.5, 0.6) is 5.75 Å². The quantitative estimate of drug-likeness (QED) is 0.914. The highest BCUT2D eigenvalue weighted by Crippen LogP contribution is 2.32. The molecule has 1 aromatic carbocycles. The maximum atomic E-state index is 13.6. The number of rotatable bonds is 4. The molecule has 0 atom stereocenters. The summed E-state index contributed by atoms with van der Waals surface area (Å²) in [7, 11) is 0. The summed E-state index contributed by atoms with van der Waals surface area (Å²) >= 11 is 0. The van der Waals surface area contributed by atoms with Crippen LogP contribution in [-0.4, -0.2) is 19.7 Å². The third kappa shape index (κ3) is 4.08. The molecular formula is C15H21ClFNO. The largest absolute Gasteiger partial charge is 0.493 e. The summed E-state index contributed by atoms with van der Waals surface area (Å²) in [6.07, 6.45) is 4.70. The van der Waals surface area contributed by atoms with E-state index in [9.17, 15) is 4.39 Å². The molecule has 1 heterocycles. The summed E-state index contributed by atoms with van der Waals surface area (Å²) < 4.78 is 19.3. The van der Waals surface area contributed by atoms with Crippen LogP contribution in [0, 0.1) is 11.7 Å². The zero-order valence-electron chi connectivity index (χ0n) is 11.0. The van der Waals surface area contributed by atoms with Crippen molar-refractivity contribution in [3.05, 3.63) is 29.6 Å². The second-order valence-corrected chi connectivity index (χ2v) is 5.50. The standard InChI is InChI=1S/C15H20FNO.ClH/c16-14-7-13(12-3-5-17-6-4-12)8-15(9-14)18-10-11-1-2-11;/h7-9,11-12,17H,1-6,10H2;1H. The minimum absolute atomic E-state index is 0. The topological polar surface area (TPSA) is 21.3 Å². The van der Waals surface area contributed by atoms with Crippen LogP contribution in [0.15, 0.2) is 18.2 Å². The van der Waals surface area contributed by atoms with E-state index in [-0.39, 0.29) is 18.2 Å². The fourth-order valence-corrected chi connectivity index (χ4v) is 2.56. The van der Waals surface area contributed by atoms with Crippen molar-refractivity contribution in [3.8, 4) is 5.75 Å². The van der Waals surface area contributed by atoms with Crippen molar-refractivity contribution in [3.63, 3.8) is 0 Å². The van der Waals surface area contributed by atoms with Crippen LogP contribution >= 0.6 is 12.4 Å². The Morgan fingerprint density at radius 2 is 1.84 bits per heavy atom. The van der Waals surface area contributed by atoms with Crippen molar-refractivity contribution in [2.24, 2.45) is 5.92 Å². The van der Waals surface area contributed by atoms with Crippen LogP contribution in [0.4, 0.5) is 4.39 Å². The second-order valence-electron chi connectivity index (χ2n) is 5.50. The van der Waals surface area contributed by atoms with Gasteiger partial charge in [0.05, 0.1) is 6.61 Å². The SMILES string of the molecule is Cl.Fc1cc(OCC2CC2)cc(C2CCNCC2)c1. The normalized spacial score (nSPS) is 19.8. The number of halogens is 2. The molecule has 0 bridgehead atoms. The maximum absolute atomic E-state index is 13.6. The zero-order valence-corrected chi connectivity index (χ0v) is 11.8. The molecule has 0 radical (unpaired) electrons. The van der Waals surface area contributed by atoms with Crippen molar-refractivity contribution in [2.75, 3.05) is 19.7 Å². The number of piperidine rings is 1. The predicted octanol–water partition coefficient (Wildman–Crippen LogP) is 3.50. The van der Waals surface area contributed by atoms with Gasteiger partial charge in [0.15, 0.2) is 0 Å². The summed E-state index contributed by atoms with van der Waals surface area (Å²) in [4.78, 5) is 0. The van der Waals surface area contributed by atoms with E-state index in [2.05, 4.69) is 5.32 Å². The number of hydrogen-bond donors (Lipinski definition) is 1. The molecule has 0 spiro atoms. The van der Waals surface area contributed by atoms with Gasteiger partial charge < -0.3 is 10.1 Å². The van der Waals surface area contributed by atoms with Crippen molar-refractivity contribution >= 4 is 12.4 Å². The minimum atomic E-state index is -0.170. The van der Waals surface area contributed by atoms with Gasteiger partial charge in [0.25, 0.3) is 0 Å². The molecule has 1 N–H and O–H groups in total. The molecule has 19 heavy (non-hydrogen) atoms. The molecule has 1 saturated carbocycles. The van der Waals surface area contributed by atoms with Crippen LogP contribution in [0.1, 0.15) is 37.2 Å². The summed E-state index contributed by atoms with van der Waals surface area (Å²) in [5.41, 5.74) is 1.10. The van der Waals surface area contributed by atoms with E-state index < -0.39 is 0 Å². The highest BCUT2D eigenvalue weighted by atomic mass is 35.5. The van der Waals surface area contributed by atoms with Crippen LogP contribution < -0.4 is 10.1 Å². The molecule has 0 unspecified atom stereocenters. The Morgan fingerprint density at radius 1 is 1.11 bits per heavy atom. The summed E-state index contributed by atoms with van der Waals surface area (Å²) in [5, 5.41) is 3.34. The molecule has 1 aromatic rings. The smallest absolute Gasteiger partial charge is 0.127 e. The first-order valence-corrected chi connectivity index (χ1v) is 6.95. The lowest BCUT2D eigenvalue weighted by Gasteiger charge is -2.23. The molecule has 1 aliphatic heterocycles. The minimum Gasteiger partial charge on any atom is -0.493 e. The summed E-state index contributed by atoms with van der Waals surface area (Å²) in [6, 6.07) is 5.20. The van der Waals surface area contributed by atoms with Gasteiger partial charge in [0.2, 0.25) is 0 Å². The van der Waals surface area contributed by atoms with E-state index in [0.29, 0.717) is 17.6 Å². The Balaban J connectivity index is 0.00000133. The Hall–Kier alpha value is -0.800. The van der Waals surface area contributed by atoms with Crippen molar-refractivity contribution in [1.82, 2.24) is 5.32 Å². The number of nitrogens with one attached hydrogen (secondary N) is 1. The molecule has 0 amide bonds. The van der Waals surface area contributed by atoms with E-state index in [1.54, 1.807) is 6.07 Å². The molecular weight excluding hydrogens is 265 g/mol. The van der Waals surface area contributed by atoms with Crippen LogP contribution in [0.2, 0.25) is 0 Å². The van der Waals surface area contributed by atoms with Crippen molar-refractivity contribution in [2.45, 2.75) is 31.6 Å². The van der Waals surface area contributed by atoms with E-state index >= 15 is 0 Å². The van der Waals surface area contributed by atoms with Crippen molar-refractivity contribution < 1.29 is 9.13 Å². The number of ether oxygens (including phenoxy) is 1. The fraction of sp³-hybridized carbons (Fsp3) is 0.600. The average Bonchev–Trinajstić information content (AvgIpc) is 3.21. The first-order chi connectivity index (χ1) is 8.81. The first kappa shape index (κ1) is 14.6. The van der Waals surface area contributed by atoms with Gasteiger partial charge in [0, 0.05) is 6.07 Å². The third-order valence-corrected chi connectivity index (χ3v) is 3.89. The molecule has 4 heteroatoms. The van der Waals surface area contributed by atoms with E-state index in [1.807, 2.05) is 6.07 Å². The monoisotopic (exact) mass is 285 g/mol. The van der Waals surface area contributed by atoms with Gasteiger partial charge in [-0.3, -0.25) is 0 Å². The van der Waals surface area contributed by atoms with Gasteiger partial charge in [-0.05, 0) is 68.3 Å². The fourth-order valence-electron chi connectivity index (χ4n) is 2.56. The Bertz CT molecular complexity index is 417. The lowest BCUT2D eigenvalue weighted by Crippen LogP contribution is -2.26. The Labute approximate surface area is 120 Å². The van der Waals surface area contributed by atoms with Gasteiger partial charge in [-0.25, -0.2) is 4.39 Å². The van der Waals surface area contributed by atoms with Gasteiger partial charge in [-0.1, -0.05) is 0 Å². The van der Waals surface area contributed by atoms with Crippen LogP contribution in [-0.2, 0) is 0 Å². The molecule has 0 aromatic heterocycles. The predicted molar refractivity (Wildman–Crippen MR) is 76.7 cm³/mol. The van der Waals surface area contributed by atoms with Gasteiger partial charge in [-0.2, -0.15) is 0 Å². The lowest BCUT2D eigenvalue weighted by atomic mass is 9.90. The van der Waals surface area contributed by atoms with Gasteiger partial charge in [-0.15, -0.1) is 12.4 Å². The third-order valence-electron chi connectivity index (χ3n) is 3.89. The zero-order chi connectivity index (χ0) is 12.4. The highest BCUT2D eigenvalue weighted by molar-refractivity contribution is 5.85. The molecule has 1 aliphatic carbocycles. The summed E-state index contributed by atoms with van der Waals surface area (Å²) in [5.74, 6) is 1.72. The molecule has 3 rings (SSSR count). The maximum Gasteiger partial charge on any atom is 0.127 e. The number of benzene rings is 1. The Morgan fingerprint density at radius 3 is 2.53 bits per heavy atom. The molecule has 106 valence electrons. The number of hydrogen-bond acceptors (Lipinski definition) is 2. The summed E-state index contributed by atoms with van der Waals surface area (Å²) in [6.45, 7) is 2.80. The highest BCUT2D eigenvalue weighted by Gasteiger charge is 2.22. The van der Waals surface area contributed by atoms with E-state index in [1.165, 1.54) is 18.9 Å². The first-order valence-electron chi connectivity index (χ1n) is 6.95. The average molecular weight is 286 g/mol.